The minimum absolute atomic E-state index is 0.203. The monoisotopic (exact) mass is 349 g/mol. The van der Waals surface area contributed by atoms with Gasteiger partial charge < -0.3 is 9.47 Å². The number of aromatic nitrogens is 2. The molecule has 0 N–H and O–H groups in total. The molecule has 0 spiro atoms. The van der Waals surface area contributed by atoms with Crippen LogP contribution < -0.4 is 9.47 Å². The molecule has 2 aromatic heterocycles. The van der Waals surface area contributed by atoms with Gasteiger partial charge in [-0.15, -0.1) is 11.3 Å². The average molecular weight is 349 g/mol. The Morgan fingerprint density at radius 1 is 1.24 bits per heavy atom. The predicted molar refractivity (Wildman–Crippen MR) is 90.6 cm³/mol. The largest absolute Gasteiger partial charge is 0.454 e. The van der Waals surface area contributed by atoms with Gasteiger partial charge in [0, 0.05) is 17.1 Å². The van der Waals surface area contributed by atoms with E-state index in [0.29, 0.717) is 22.2 Å². The van der Waals surface area contributed by atoms with E-state index in [9.17, 15) is 10.1 Å². The number of ether oxygens (including phenoxy) is 2. The zero-order valence-corrected chi connectivity index (χ0v) is 13.7. The molecule has 0 aliphatic carbocycles. The van der Waals surface area contributed by atoms with Gasteiger partial charge in [0.1, 0.15) is 10.7 Å². The van der Waals surface area contributed by atoms with Crippen LogP contribution in [0.15, 0.2) is 48.0 Å². The average Bonchev–Trinajstić information content (AvgIpc) is 3.32. The van der Waals surface area contributed by atoms with E-state index in [1.165, 1.54) is 11.3 Å². The Labute approximate surface area is 147 Å². The maximum absolute atomic E-state index is 12.6. The van der Waals surface area contributed by atoms with Gasteiger partial charge in [-0.1, -0.05) is 6.07 Å². The molecule has 0 unspecified atom stereocenters. The van der Waals surface area contributed by atoms with E-state index in [-0.39, 0.29) is 18.3 Å². The number of hydrogen-bond donors (Lipinski definition) is 0. The van der Waals surface area contributed by atoms with Gasteiger partial charge in [-0.2, -0.15) is 5.26 Å². The van der Waals surface area contributed by atoms with Gasteiger partial charge in [-0.05, 0) is 30.3 Å². The highest BCUT2D eigenvalue weighted by atomic mass is 32.1. The summed E-state index contributed by atoms with van der Waals surface area (Å²) in [5.41, 5.74) is 1.52. The summed E-state index contributed by atoms with van der Waals surface area (Å²) in [7, 11) is 0. The highest BCUT2D eigenvalue weighted by molar-refractivity contribution is 7.13. The Balaban J connectivity index is 1.63. The van der Waals surface area contributed by atoms with Gasteiger partial charge in [0.25, 0.3) is 0 Å². The number of nitriles is 1. The van der Waals surface area contributed by atoms with Crippen molar-refractivity contribution in [3.05, 3.63) is 59.4 Å². The van der Waals surface area contributed by atoms with Crippen molar-refractivity contribution in [2.24, 2.45) is 0 Å². The first-order valence-electron chi connectivity index (χ1n) is 7.46. The second-order valence-corrected chi connectivity index (χ2v) is 6.15. The lowest BCUT2D eigenvalue weighted by atomic mass is 9.99. The first kappa shape index (κ1) is 15.3. The number of nitrogens with zero attached hydrogens (tertiary/aromatic N) is 3. The smallest absolute Gasteiger partial charge is 0.231 e. The summed E-state index contributed by atoms with van der Waals surface area (Å²) in [5, 5.41) is 11.7. The third-order valence-corrected chi connectivity index (χ3v) is 4.64. The molecule has 0 amide bonds. The van der Waals surface area contributed by atoms with Crippen LogP contribution in [-0.4, -0.2) is 22.5 Å². The van der Waals surface area contributed by atoms with Crippen LogP contribution in [0.2, 0.25) is 0 Å². The minimum Gasteiger partial charge on any atom is -0.454 e. The fourth-order valence-corrected chi connectivity index (χ4v) is 3.31. The molecule has 1 atom stereocenters. The Bertz CT molecular complexity index is 979. The Hall–Kier alpha value is -3.24. The van der Waals surface area contributed by atoms with Crippen LogP contribution in [0.1, 0.15) is 22.1 Å². The summed E-state index contributed by atoms with van der Waals surface area (Å²) in [5.74, 6) is 0.0256. The van der Waals surface area contributed by atoms with Crippen LogP contribution in [-0.2, 0) is 0 Å². The predicted octanol–water partition coefficient (Wildman–Crippen LogP) is 3.42. The molecule has 0 saturated heterocycles. The van der Waals surface area contributed by atoms with Crippen molar-refractivity contribution in [2.75, 3.05) is 6.79 Å². The Morgan fingerprint density at radius 3 is 2.92 bits per heavy atom. The third kappa shape index (κ3) is 2.84. The van der Waals surface area contributed by atoms with Gasteiger partial charge in [-0.3, -0.25) is 9.78 Å². The SMILES string of the molecule is N#C[C@@H](C(=O)c1csc(-c2ccc3c(c2)OCO3)n1)c1ccccn1. The molecule has 122 valence electrons. The number of Topliss-reactive ketones (excluding diaryl/α,β-unsaturated/α-hetero) is 1. The van der Waals surface area contributed by atoms with E-state index >= 15 is 0 Å². The number of hydrogen-bond acceptors (Lipinski definition) is 7. The zero-order valence-electron chi connectivity index (χ0n) is 12.9. The molecule has 0 fully saturated rings. The lowest BCUT2D eigenvalue weighted by Crippen LogP contribution is -2.12. The zero-order chi connectivity index (χ0) is 17.2. The molecule has 0 saturated carbocycles. The molecular formula is C18H11N3O3S. The number of fused-ring (bicyclic) bond motifs is 1. The summed E-state index contributed by atoms with van der Waals surface area (Å²) >= 11 is 1.34. The molecular weight excluding hydrogens is 338 g/mol. The summed E-state index contributed by atoms with van der Waals surface area (Å²) < 4.78 is 10.7. The maximum Gasteiger partial charge on any atom is 0.231 e. The second kappa shape index (κ2) is 6.34. The van der Waals surface area contributed by atoms with Crippen molar-refractivity contribution < 1.29 is 14.3 Å². The third-order valence-electron chi connectivity index (χ3n) is 3.75. The number of benzene rings is 1. The molecule has 1 aromatic carbocycles. The van der Waals surface area contributed by atoms with E-state index in [4.69, 9.17) is 9.47 Å². The molecule has 3 aromatic rings. The van der Waals surface area contributed by atoms with Crippen molar-refractivity contribution in [1.29, 1.82) is 5.26 Å². The molecule has 1 aliphatic rings. The van der Waals surface area contributed by atoms with Gasteiger partial charge in [0.05, 0.1) is 11.8 Å². The highest BCUT2D eigenvalue weighted by Gasteiger charge is 2.25. The van der Waals surface area contributed by atoms with Crippen LogP contribution in [0, 0.1) is 11.3 Å². The summed E-state index contributed by atoms with van der Waals surface area (Å²) in [6, 6.07) is 12.7. The number of pyridine rings is 1. The quantitative estimate of drug-likeness (QED) is 0.671. The first-order chi connectivity index (χ1) is 12.3. The molecule has 3 heterocycles. The van der Waals surface area contributed by atoms with Gasteiger partial charge in [0.15, 0.2) is 17.4 Å². The van der Waals surface area contributed by atoms with E-state index in [1.807, 2.05) is 24.3 Å². The number of carbonyl (C=O) groups is 1. The van der Waals surface area contributed by atoms with Crippen molar-refractivity contribution in [3.63, 3.8) is 0 Å². The molecule has 4 rings (SSSR count). The second-order valence-electron chi connectivity index (χ2n) is 5.29. The molecule has 1 aliphatic heterocycles. The summed E-state index contributed by atoms with van der Waals surface area (Å²) in [6.45, 7) is 0.203. The fraction of sp³-hybridized carbons (Fsp3) is 0.111. The normalized spacial score (nSPS) is 13.2. The van der Waals surface area contributed by atoms with Crippen LogP contribution >= 0.6 is 11.3 Å². The molecule has 0 bridgehead atoms. The van der Waals surface area contributed by atoms with Crippen molar-refractivity contribution in [1.82, 2.24) is 9.97 Å². The Morgan fingerprint density at radius 2 is 2.12 bits per heavy atom. The molecule has 7 heteroatoms. The lowest BCUT2D eigenvalue weighted by molar-refractivity contribution is 0.0973. The van der Waals surface area contributed by atoms with Crippen molar-refractivity contribution in [3.8, 4) is 28.1 Å². The van der Waals surface area contributed by atoms with E-state index in [2.05, 4.69) is 9.97 Å². The lowest BCUT2D eigenvalue weighted by Gasteiger charge is -2.05. The maximum atomic E-state index is 12.6. The number of thiazole rings is 1. The van der Waals surface area contributed by atoms with Crippen LogP contribution in [0.4, 0.5) is 0 Å². The van der Waals surface area contributed by atoms with Crippen LogP contribution in [0.5, 0.6) is 11.5 Å². The summed E-state index contributed by atoms with van der Waals surface area (Å²) in [6.07, 6.45) is 1.56. The van der Waals surface area contributed by atoms with Gasteiger partial charge in [0.2, 0.25) is 12.6 Å². The Kier molecular flexibility index (Phi) is 3.88. The van der Waals surface area contributed by atoms with Crippen molar-refractivity contribution >= 4 is 17.1 Å². The van der Waals surface area contributed by atoms with Crippen molar-refractivity contribution in [2.45, 2.75) is 5.92 Å². The van der Waals surface area contributed by atoms with Crippen LogP contribution in [0.3, 0.4) is 0 Å². The van der Waals surface area contributed by atoms with Gasteiger partial charge >= 0.3 is 0 Å². The first-order valence-corrected chi connectivity index (χ1v) is 8.34. The standard InChI is InChI=1S/C18H11N3O3S/c19-8-12(13-3-1-2-6-20-13)17(22)14-9-25-18(21-14)11-4-5-15-16(7-11)24-10-23-15/h1-7,9,12H,10H2/t12-/m1/s1. The van der Waals surface area contributed by atoms with E-state index in [0.717, 1.165) is 5.56 Å². The number of carbonyl (C=O) groups excluding carboxylic acids is 1. The minimum atomic E-state index is -0.965. The topological polar surface area (TPSA) is 85.1 Å². The number of rotatable bonds is 4. The summed E-state index contributed by atoms with van der Waals surface area (Å²) in [4.78, 5) is 21.1. The fourth-order valence-electron chi connectivity index (χ4n) is 2.50. The molecule has 6 nitrogen and oxygen atoms in total. The van der Waals surface area contributed by atoms with E-state index in [1.54, 1.807) is 29.8 Å². The van der Waals surface area contributed by atoms with E-state index < -0.39 is 5.92 Å². The highest BCUT2D eigenvalue weighted by Crippen LogP contribution is 2.37. The molecule has 25 heavy (non-hydrogen) atoms. The molecule has 0 radical (unpaired) electrons. The number of ketones is 1. The van der Waals surface area contributed by atoms with Crippen LogP contribution in [0.25, 0.3) is 10.6 Å². The van der Waals surface area contributed by atoms with Gasteiger partial charge in [-0.25, -0.2) is 4.98 Å².